The van der Waals surface area contributed by atoms with Crippen molar-refractivity contribution in [3.8, 4) is 0 Å². The number of aryl methyl sites for hydroxylation is 1. The summed E-state index contributed by atoms with van der Waals surface area (Å²) in [4.78, 5) is 63.3. The van der Waals surface area contributed by atoms with Crippen molar-refractivity contribution in [3.63, 3.8) is 0 Å². The lowest BCUT2D eigenvalue weighted by molar-refractivity contribution is -0.123. The number of carbonyl (C=O) groups is 2. The number of nitrogens with zero attached hydrogens (tertiary/aromatic N) is 6. The number of piperazine rings is 1. The smallest absolute Gasteiger partial charge is 0.332 e. The van der Waals surface area contributed by atoms with Crippen molar-refractivity contribution >= 4 is 46.2 Å². The number of rotatable bonds is 3. The zero-order valence-corrected chi connectivity index (χ0v) is 19.8. The van der Waals surface area contributed by atoms with Gasteiger partial charge in [-0.15, -0.1) is 0 Å². The van der Waals surface area contributed by atoms with Crippen LogP contribution in [0.5, 0.6) is 0 Å². The number of halogens is 1. The normalized spacial score (nSPS) is 19.6. The van der Waals surface area contributed by atoms with Gasteiger partial charge >= 0.3 is 5.69 Å². The fourth-order valence-corrected chi connectivity index (χ4v) is 4.87. The molecule has 2 saturated heterocycles. The average Bonchev–Trinajstić information content (AvgIpc) is 3.40. The van der Waals surface area contributed by atoms with Gasteiger partial charge in [-0.1, -0.05) is 17.7 Å². The highest BCUT2D eigenvalue weighted by molar-refractivity contribution is 6.32. The number of benzene rings is 1. The fraction of sp³-hybridized carbons (Fsp3) is 0.409. The number of aromatic amines is 1. The first-order valence-electron chi connectivity index (χ1n) is 11.0. The lowest BCUT2D eigenvalue weighted by atomic mass is 10.1. The second-order valence-corrected chi connectivity index (χ2v) is 9.07. The van der Waals surface area contributed by atoms with Crippen LogP contribution in [-0.4, -0.2) is 68.0 Å². The Labute approximate surface area is 199 Å². The molecule has 2 aromatic heterocycles. The van der Waals surface area contributed by atoms with Gasteiger partial charge in [0.1, 0.15) is 0 Å². The molecule has 5 rings (SSSR count). The molecule has 2 fully saturated rings. The Morgan fingerprint density at radius 3 is 2.44 bits per heavy atom. The number of imidazole rings is 1. The summed E-state index contributed by atoms with van der Waals surface area (Å²) >= 11 is 6.20. The first-order chi connectivity index (χ1) is 16.2. The molecular weight excluding hydrogens is 462 g/mol. The van der Waals surface area contributed by atoms with E-state index >= 15 is 0 Å². The molecule has 1 unspecified atom stereocenters. The monoisotopic (exact) mass is 485 g/mol. The Bertz CT molecular complexity index is 1450. The second kappa shape index (κ2) is 8.10. The summed E-state index contributed by atoms with van der Waals surface area (Å²) in [5, 5.41) is 0.508. The molecule has 3 aromatic rings. The molecule has 2 aliphatic rings. The van der Waals surface area contributed by atoms with Crippen molar-refractivity contribution in [2.45, 2.75) is 19.4 Å². The van der Waals surface area contributed by atoms with E-state index in [1.54, 1.807) is 32.2 Å². The maximum absolute atomic E-state index is 13.2. The van der Waals surface area contributed by atoms with Gasteiger partial charge in [-0.2, -0.15) is 4.98 Å². The highest BCUT2D eigenvalue weighted by Crippen LogP contribution is 2.32. The lowest BCUT2D eigenvalue weighted by Crippen LogP contribution is -2.53. The van der Waals surface area contributed by atoms with Gasteiger partial charge in [0.25, 0.3) is 11.5 Å². The van der Waals surface area contributed by atoms with Crippen LogP contribution in [0.2, 0.25) is 5.02 Å². The Morgan fingerprint density at radius 2 is 1.74 bits per heavy atom. The van der Waals surface area contributed by atoms with Crippen LogP contribution in [0.3, 0.4) is 0 Å². The van der Waals surface area contributed by atoms with E-state index in [1.165, 1.54) is 16.5 Å². The summed E-state index contributed by atoms with van der Waals surface area (Å²) in [5.41, 5.74) is 0.923. The quantitative estimate of drug-likeness (QED) is 0.533. The Morgan fingerprint density at radius 1 is 1.03 bits per heavy atom. The van der Waals surface area contributed by atoms with E-state index in [0.717, 1.165) is 4.57 Å². The van der Waals surface area contributed by atoms with E-state index in [0.29, 0.717) is 54.0 Å². The number of hydrogen-bond donors (Lipinski definition) is 1. The van der Waals surface area contributed by atoms with E-state index in [2.05, 4.69) is 9.97 Å². The highest BCUT2D eigenvalue weighted by Gasteiger charge is 2.44. The minimum absolute atomic E-state index is 0.119. The first kappa shape index (κ1) is 22.4. The van der Waals surface area contributed by atoms with Crippen molar-refractivity contribution in [1.82, 2.24) is 24.0 Å². The Balaban J connectivity index is 1.34. The van der Waals surface area contributed by atoms with Gasteiger partial charge in [0.2, 0.25) is 11.9 Å². The van der Waals surface area contributed by atoms with Crippen LogP contribution in [0.15, 0.2) is 27.8 Å². The van der Waals surface area contributed by atoms with Crippen LogP contribution in [0, 0.1) is 6.92 Å². The van der Waals surface area contributed by atoms with Crippen LogP contribution < -0.4 is 21.0 Å². The average molecular weight is 486 g/mol. The van der Waals surface area contributed by atoms with Crippen molar-refractivity contribution < 1.29 is 9.59 Å². The van der Waals surface area contributed by atoms with Crippen molar-refractivity contribution in [1.29, 1.82) is 0 Å². The largest absolute Gasteiger partial charge is 0.340 e. The second-order valence-electron chi connectivity index (χ2n) is 8.66. The number of H-pyrrole nitrogens is 1. The van der Waals surface area contributed by atoms with Gasteiger partial charge in [-0.25, -0.2) is 9.69 Å². The first-order valence-corrected chi connectivity index (χ1v) is 11.3. The SMILES string of the molecule is Cc1c(Cl)cccc1N1C(=O)CC(N2CCN(c3nc4c([nH]3)c(=O)n(C)c(=O)n4C)CC2)C1=O. The summed E-state index contributed by atoms with van der Waals surface area (Å²) < 4.78 is 2.38. The van der Waals surface area contributed by atoms with Gasteiger partial charge in [0.05, 0.1) is 18.2 Å². The summed E-state index contributed by atoms with van der Waals surface area (Å²) in [5.74, 6) is 0.0147. The maximum Gasteiger partial charge on any atom is 0.332 e. The fourth-order valence-electron chi connectivity index (χ4n) is 4.70. The number of nitrogens with one attached hydrogen (secondary N) is 1. The van der Waals surface area contributed by atoms with Crippen LogP contribution in [0.1, 0.15) is 12.0 Å². The van der Waals surface area contributed by atoms with Crippen LogP contribution >= 0.6 is 11.6 Å². The molecular formula is C22H24ClN7O4. The van der Waals surface area contributed by atoms with E-state index in [9.17, 15) is 19.2 Å². The van der Waals surface area contributed by atoms with E-state index in [1.807, 2.05) is 9.80 Å². The van der Waals surface area contributed by atoms with Crippen LogP contribution in [0.4, 0.5) is 11.6 Å². The third kappa shape index (κ3) is 3.34. The lowest BCUT2D eigenvalue weighted by Gasteiger charge is -2.36. The van der Waals surface area contributed by atoms with Crippen LogP contribution in [-0.2, 0) is 23.7 Å². The van der Waals surface area contributed by atoms with E-state index in [-0.39, 0.29) is 23.8 Å². The predicted octanol–water partition coefficient (Wildman–Crippen LogP) is 0.376. The zero-order valence-electron chi connectivity index (χ0n) is 19.0. The van der Waals surface area contributed by atoms with Gasteiger partial charge < -0.3 is 9.88 Å². The number of hydrogen-bond acceptors (Lipinski definition) is 7. The molecule has 12 heteroatoms. The molecule has 178 valence electrons. The summed E-state index contributed by atoms with van der Waals surface area (Å²) in [6, 6.07) is 4.66. The number of amides is 2. The third-order valence-electron chi connectivity index (χ3n) is 6.74. The number of imide groups is 1. The molecule has 4 heterocycles. The number of carbonyl (C=O) groups excluding carboxylic acids is 2. The Kier molecular flexibility index (Phi) is 5.33. The summed E-state index contributed by atoms with van der Waals surface area (Å²) in [6.45, 7) is 3.96. The highest BCUT2D eigenvalue weighted by atomic mass is 35.5. The van der Waals surface area contributed by atoms with E-state index in [4.69, 9.17) is 11.6 Å². The summed E-state index contributed by atoms with van der Waals surface area (Å²) in [7, 11) is 3.00. The molecule has 1 N–H and O–H groups in total. The van der Waals surface area contributed by atoms with Crippen LogP contribution in [0.25, 0.3) is 11.2 Å². The summed E-state index contributed by atoms with van der Waals surface area (Å²) in [6.07, 6.45) is 0.119. The Hall–Kier alpha value is -3.44. The predicted molar refractivity (Wildman–Crippen MR) is 127 cm³/mol. The number of fused-ring (bicyclic) bond motifs is 1. The topological polar surface area (TPSA) is 117 Å². The maximum atomic E-state index is 13.2. The standard InChI is InChI=1S/C22H24ClN7O4/c1-12-13(23)5-4-6-14(12)30-16(31)11-15(19(30)32)28-7-9-29(10-8-28)21-24-17-18(25-21)26(2)22(34)27(3)20(17)33/h4-6,15H,7-11H2,1-3H3,(H,24,25). The van der Waals surface area contributed by atoms with Gasteiger partial charge in [0.15, 0.2) is 11.2 Å². The molecule has 1 atom stereocenters. The number of anilines is 2. The molecule has 11 nitrogen and oxygen atoms in total. The minimum Gasteiger partial charge on any atom is -0.340 e. The molecule has 0 aliphatic carbocycles. The molecule has 0 radical (unpaired) electrons. The molecule has 1 aromatic carbocycles. The molecule has 0 bridgehead atoms. The molecule has 0 saturated carbocycles. The minimum atomic E-state index is -0.531. The van der Waals surface area contributed by atoms with Crippen molar-refractivity contribution in [2.75, 3.05) is 36.0 Å². The van der Waals surface area contributed by atoms with E-state index < -0.39 is 17.3 Å². The third-order valence-corrected chi connectivity index (χ3v) is 7.15. The number of aromatic nitrogens is 4. The molecule has 2 aliphatic heterocycles. The zero-order chi connectivity index (χ0) is 24.3. The van der Waals surface area contributed by atoms with Crippen molar-refractivity contribution in [2.24, 2.45) is 14.1 Å². The molecule has 2 amide bonds. The van der Waals surface area contributed by atoms with Crippen molar-refractivity contribution in [3.05, 3.63) is 49.6 Å². The van der Waals surface area contributed by atoms with Gasteiger partial charge in [-0.3, -0.25) is 28.4 Å². The van der Waals surface area contributed by atoms with Gasteiger partial charge in [-0.05, 0) is 24.6 Å². The van der Waals surface area contributed by atoms with Gasteiger partial charge in [0, 0.05) is 45.3 Å². The molecule has 34 heavy (non-hydrogen) atoms. The molecule has 0 spiro atoms.